The van der Waals surface area contributed by atoms with Gasteiger partial charge in [-0.25, -0.2) is 10.2 Å². The first-order valence-electron chi connectivity index (χ1n) is 9.72. The minimum Gasteiger partial charge on any atom is -0.459 e. The van der Waals surface area contributed by atoms with Gasteiger partial charge in [0, 0.05) is 0 Å². The molecule has 0 aromatic heterocycles. The van der Waals surface area contributed by atoms with Crippen molar-refractivity contribution in [2.24, 2.45) is 11.8 Å². The third kappa shape index (κ3) is 11.3. The van der Waals surface area contributed by atoms with Gasteiger partial charge in [0.1, 0.15) is 29.4 Å². The first kappa shape index (κ1) is 28.3. The van der Waals surface area contributed by atoms with E-state index in [1.165, 1.54) is 0 Å². The van der Waals surface area contributed by atoms with Crippen LogP contribution in [0.2, 0.25) is 0 Å². The van der Waals surface area contributed by atoms with Gasteiger partial charge in [0.15, 0.2) is 0 Å². The molecule has 8 nitrogen and oxygen atoms in total. The van der Waals surface area contributed by atoms with E-state index in [2.05, 4.69) is 10.2 Å². The molecule has 0 fully saturated rings. The van der Waals surface area contributed by atoms with Crippen molar-refractivity contribution in [1.29, 1.82) is 0 Å². The van der Waals surface area contributed by atoms with Gasteiger partial charge in [0.2, 0.25) is 0 Å². The third-order valence-corrected chi connectivity index (χ3v) is 5.49. The highest BCUT2D eigenvalue weighted by Crippen LogP contribution is 2.41. The molecule has 0 aromatic rings. The van der Waals surface area contributed by atoms with Crippen LogP contribution in [0, 0.1) is 11.8 Å². The lowest BCUT2D eigenvalue weighted by atomic mass is 10.1. The summed E-state index contributed by atoms with van der Waals surface area (Å²) in [5.41, 5.74) is -1.43. The second-order valence-corrected chi connectivity index (χ2v) is 11.7. The number of nitrogens with one attached hydrogen (secondary N) is 2. The van der Waals surface area contributed by atoms with Crippen molar-refractivity contribution < 1.29 is 28.2 Å². The Balaban J connectivity index is 5.70. The Kier molecular flexibility index (Phi) is 10.8. The van der Waals surface area contributed by atoms with Gasteiger partial charge >= 0.3 is 19.6 Å². The molecule has 0 unspecified atom stereocenters. The summed E-state index contributed by atoms with van der Waals surface area (Å²) in [7, 11) is -3.91. The molecule has 0 radical (unpaired) electrons. The van der Waals surface area contributed by atoms with Gasteiger partial charge in [-0.15, -0.1) is 0 Å². The SMILES string of the molecule is CC(C)[C@H](NP(=O)(N[C@H](C(=O)OC(C)(C)C)C(C)C)OCCl)C(=O)OC(C)(C)C. The van der Waals surface area contributed by atoms with Gasteiger partial charge in [0.05, 0.1) is 0 Å². The van der Waals surface area contributed by atoms with E-state index in [-0.39, 0.29) is 11.8 Å². The van der Waals surface area contributed by atoms with E-state index in [4.69, 9.17) is 25.6 Å². The van der Waals surface area contributed by atoms with E-state index < -0.39 is 49.0 Å². The number of rotatable bonds is 10. The van der Waals surface area contributed by atoms with Crippen LogP contribution in [0.15, 0.2) is 0 Å². The Morgan fingerprint density at radius 2 is 1.14 bits per heavy atom. The topological polar surface area (TPSA) is 103 Å². The van der Waals surface area contributed by atoms with Crippen LogP contribution in [0.3, 0.4) is 0 Å². The summed E-state index contributed by atoms with van der Waals surface area (Å²) in [6.07, 6.45) is 0. The van der Waals surface area contributed by atoms with Crippen LogP contribution < -0.4 is 10.2 Å². The van der Waals surface area contributed by atoms with Gasteiger partial charge in [-0.1, -0.05) is 39.3 Å². The standard InChI is InChI=1S/C19H38ClN2O6P/c1-12(2)14(16(23)27-18(5,6)7)21-29(25,26-11-20)22-15(13(3)4)17(24)28-19(8,9)10/h12-15H,11H2,1-10H3,(H2,21,22,25)/t14-,15-/m0/s1. The van der Waals surface area contributed by atoms with Crippen LogP contribution in [0.1, 0.15) is 69.2 Å². The van der Waals surface area contributed by atoms with Gasteiger partial charge in [0.25, 0.3) is 0 Å². The number of alkyl halides is 1. The number of hydrogen-bond donors (Lipinski definition) is 2. The minimum absolute atomic E-state index is 0.266. The number of hydrogen-bond acceptors (Lipinski definition) is 6. The molecule has 0 amide bonds. The average molecular weight is 457 g/mol. The van der Waals surface area contributed by atoms with Gasteiger partial charge < -0.3 is 9.47 Å². The number of carbonyl (C=O) groups is 2. The number of esters is 2. The highest BCUT2D eigenvalue weighted by atomic mass is 35.5. The Morgan fingerprint density at radius 3 is 1.34 bits per heavy atom. The van der Waals surface area contributed by atoms with Crippen LogP contribution in [0.4, 0.5) is 0 Å². The fourth-order valence-electron chi connectivity index (χ4n) is 2.23. The van der Waals surface area contributed by atoms with Crippen molar-refractivity contribution in [2.75, 3.05) is 6.07 Å². The highest BCUT2D eigenvalue weighted by Gasteiger charge is 2.40. The molecule has 2 N–H and O–H groups in total. The number of ether oxygens (including phenoxy) is 2. The molecule has 10 heteroatoms. The molecule has 0 rings (SSSR count). The Hall–Kier alpha value is -0.660. The smallest absolute Gasteiger partial charge is 0.343 e. The zero-order chi connectivity index (χ0) is 23.2. The molecule has 0 aliphatic carbocycles. The molecule has 29 heavy (non-hydrogen) atoms. The molecule has 0 heterocycles. The van der Waals surface area contributed by atoms with E-state index >= 15 is 0 Å². The molecular weight excluding hydrogens is 419 g/mol. The normalized spacial score (nSPS) is 15.3. The monoisotopic (exact) mass is 456 g/mol. The Morgan fingerprint density at radius 1 is 0.828 bits per heavy atom. The summed E-state index contributed by atoms with van der Waals surface area (Å²) in [5.74, 6) is -1.69. The van der Waals surface area contributed by atoms with Crippen molar-refractivity contribution in [1.82, 2.24) is 10.2 Å². The van der Waals surface area contributed by atoms with Crippen molar-refractivity contribution in [3.05, 3.63) is 0 Å². The fraction of sp³-hybridized carbons (Fsp3) is 0.895. The van der Waals surface area contributed by atoms with Crippen molar-refractivity contribution >= 4 is 31.2 Å². The maximum Gasteiger partial charge on any atom is 0.343 e. The van der Waals surface area contributed by atoms with Crippen molar-refractivity contribution in [3.63, 3.8) is 0 Å². The highest BCUT2D eigenvalue weighted by molar-refractivity contribution is 7.54. The molecule has 0 aromatic carbocycles. The molecule has 0 aliphatic heterocycles. The molecule has 0 saturated carbocycles. The third-order valence-electron chi connectivity index (χ3n) is 3.50. The quantitative estimate of drug-likeness (QED) is 0.286. The number of carbonyl (C=O) groups excluding carboxylic acids is 2. The predicted octanol–water partition coefficient (Wildman–Crippen LogP) is 4.22. The molecule has 0 bridgehead atoms. The second kappa shape index (κ2) is 11.1. The van der Waals surface area contributed by atoms with Crippen LogP contribution in [-0.4, -0.2) is 41.3 Å². The molecule has 172 valence electrons. The predicted molar refractivity (Wildman–Crippen MR) is 115 cm³/mol. The zero-order valence-corrected chi connectivity index (χ0v) is 20.9. The first-order chi connectivity index (χ1) is 12.9. The maximum atomic E-state index is 13.4. The summed E-state index contributed by atoms with van der Waals surface area (Å²) >= 11 is 5.68. The lowest BCUT2D eigenvalue weighted by Gasteiger charge is -2.32. The van der Waals surface area contributed by atoms with E-state index in [0.717, 1.165) is 0 Å². The summed E-state index contributed by atoms with van der Waals surface area (Å²) < 4.78 is 29.5. The van der Waals surface area contributed by atoms with Crippen LogP contribution >= 0.6 is 19.3 Å². The maximum absolute atomic E-state index is 13.4. The zero-order valence-electron chi connectivity index (χ0n) is 19.3. The largest absolute Gasteiger partial charge is 0.459 e. The van der Waals surface area contributed by atoms with Crippen molar-refractivity contribution in [3.8, 4) is 0 Å². The minimum atomic E-state index is -3.91. The molecule has 2 atom stereocenters. The Bertz CT molecular complexity index is 552. The van der Waals surface area contributed by atoms with Gasteiger partial charge in [-0.05, 0) is 53.4 Å². The molecule has 0 spiro atoms. The summed E-state index contributed by atoms with van der Waals surface area (Å²) in [4.78, 5) is 25.2. The lowest BCUT2D eigenvalue weighted by molar-refractivity contribution is -0.158. The molecular formula is C19H38ClN2O6P. The average Bonchev–Trinajstić information content (AvgIpc) is 2.46. The van der Waals surface area contributed by atoms with E-state index in [1.807, 2.05) is 0 Å². The van der Waals surface area contributed by atoms with Gasteiger partial charge in [-0.2, -0.15) is 0 Å². The van der Waals surface area contributed by atoms with E-state index in [1.54, 1.807) is 69.2 Å². The van der Waals surface area contributed by atoms with Crippen LogP contribution in [0.25, 0.3) is 0 Å². The molecule has 0 aliphatic rings. The van der Waals surface area contributed by atoms with Crippen LogP contribution in [-0.2, 0) is 28.2 Å². The van der Waals surface area contributed by atoms with E-state index in [0.29, 0.717) is 0 Å². The van der Waals surface area contributed by atoms with E-state index in [9.17, 15) is 14.2 Å². The molecule has 0 saturated heterocycles. The number of halogens is 1. The summed E-state index contributed by atoms with van der Waals surface area (Å²) in [5, 5.41) is 5.42. The lowest BCUT2D eigenvalue weighted by Crippen LogP contribution is -2.49. The Labute approximate surface area is 180 Å². The second-order valence-electron chi connectivity index (χ2n) is 9.56. The summed E-state index contributed by atoms with van der Waals surface area (Å²) in [6.45, 7) is 17.6. The van der Waals surface area contributed by atoms with Crippen molar-refractivity contribution in [2.45, 2.75) is 92.5 Å². The summed E-state index contributed by atoms with van der Waals surface area (Å²) in [6, 6.07) is -2.29. The van der Waals surface area contributed by atoms with Crippen LogP contribution in [0.5, 0.6) is 0 Å². The fourth-order valence-corrected chi connectivity index (χ4v) is 4.54. The van der Waals surface area contributed by atoms with Gasteiger partial charge in [-0.3, -0.25) is 18.7 Å². The first-order valence-corrected chi connectivity index (χ1v) is 11.9.